The lowest BCUT2D eigenvalue weighted by Gasteiger charge is -2.33. The van der Waals surface area contributed by atoms with Gasteiger partial charge in [-0.1, -0.05) is 11.6 Å². The number of hydrogen-bond acceptors (Lipinski definition) is 6. The summed E-state index contributed by atoms with van der Waals surface area (Å²) >= 11 is 6.23. The van der Waals surface area contributed by atoms with Gasteiger partial charge in [-0.15, -0.1) is 0 Å². The molecule has 0 bridgehead atoms. The van der Waals surface area contributed by atoms with Crippen molar-refractivity contribution >= 4 is 28.9 Å². The molecule has 1 aromatic carbocycles. The third kappa shape index (κ3) is 3.56. The number of aryl methyl sites for hydroxylation is 1. The Morgan fingerprint density at radius 2 is 1.96 bits per heavy atom. The van der Waals surface area contributed by atoms with E-state index in [4.69, 9.17) is 11.6 Å². The van der Waals surface area contributed by atoms with Crippen molar-refractivity contribution in [3.05, 3.63) is 51.3 Å². The van der Waals surface area contributed by atoms with Crippen LogP contribution in [-0.2, 0) is 0 Å². The highest BCUT2D eigenvalue weighted by molar-refractivity contribution is 6.33. The number of nitro benzene ring substituents is 1. The molecule has 1 aromatic heterocycles. The Bertz CT molecular complexity index is 709. The van der Waals surface area contributed by atoms with E-state index >= 15 is 0 Å². The summed E-state index contributed by atoms with van der Waals surface area (Å²) < 4.78 is 0. The van der Waals surface area contributed by atoms with Crippen molar-refractivity contribution in [1.82, 2.24) is 9.97 Å². The molecule has 0 spiro atoms. The van der Waals surface area contributed by atoms with Crippen LogP contribution in [0.25, 0.3) is 0 Å². The molecule has 0 atom stereocenters. The maximum absolute atomic E-state index is 10.9. The highest BCUT2D eigenvalue weighted by Crippen LogP contribution is 2.32. The molecule has 3 rings (SSSR count). The summed E-state index contributed by atoms with van der Waals surface area (Å²) in [4.78, 5) is 21.2. The van der Waals surface area contributed by atoms with E-state index in [1.807, 2.05) is 6.92 Å². The van der Waals surface area contributed by atoms with Gasteiger partial charge in [0.25, 0.3) is 5.69 Å². The number of non-ortho nitro benzene ring substituents is 1. The number of nitrogens with one attached hydrogen (secondary N) is 1. The first kappa shape index (κ1) is 16.4. The van der Waals surface area contributed by atoms with Gasteiger partial charge < -0.3 is 10.2 Å². The minimum absolute atomic E-state index is 0.0131. The van der Waals surface area contributed by atoms with Crippen LogP contribution < -0.4 is 10.2 Å². The Morgan fingerprint density at radius 1 is 1.29 bits per heavy atom. The highest BCUT2D eigenvalue weighted by atomic mass is 35.5. The molecule has 126 valence electrons. The third-order valence-corrected chi connectivity index (χ3v) is 4.46. The van der Waals surface area contributed by atoms with Gasteiger partial charge in [-0.25, -0.2) is 9.97 Å². The topological polar surface area (TPSA) is 84.2 Å². The first-order chi connectivity index (χ1) is 11.5. The van der Waals surface area contributed by atoms with Crippen molar-refractivity contribution in [2.24, 2.45) is 0 Å². The molecule has 1 aliphatic rings. The van der Waals surface area contributed by atoms with Crippen LogP contribution in [-0.4, -0.2) is 34.0 Å². The van der Waals surface area contributed by atoms with Crippen LogP contribution in [0.4, 0.5) is 17.3 Å². The molecular formula is C16H18ClN5O2. The Balaban J connectivity index is 1.65. The summed E-state index contributed by atoms with van der Waals surface area (Å²) in [5, 5.41) is 14.7. The van der Waals surface area contributed by atoms with E-state index in [1.165, 1.54) is 6.07 Å². The molecule has 24 heavy (non-hydrogen) atoms. The summed E-state index contributed by atoms with van der Waals surface area (Å²) in [5.41, 5.74) is 1.57. The van der Waals surface area contributed by atoms with Gasteiger partial charge in [-0.3, -0.25) is 10.1 Å². The lowest BCUT2D eigenvalue weighted by molar-refractivity contribution is -0.384. The quantitative estimate of drug-likeness (QED) is 0.673. The molecule has 2 aromatic rings. The lowest BCUT2D eigenvalue weighted by Crippen LogP contribution is -2.40. The molecule has 0 unspecified atom stereocenters. The van der Waals surface area contributed by atoms with E-state index in [1.54, 1.807) is 24.5 Å². The van der Waals surface area contributed by atoms with Crippen LogP contribution in [0, 0.1) is 17.0 Å². The van der Waals surface area contributed by atoms with Crippen molar-refractivity contribution < 1.29 is 4.92 Å². The van der Waals surface area contributed by atoms with E-state index in [0.29, 0.717) is 5.02 Å². The molecule has 0 amide bonds. The van der Waals surface area contributed by atoms with Gasteiger partial charge in [0.05, 0.1) is 15.6 Å². The van der Waals surface area contributed by atoms with Crippen LogP contribution in [0.1, 0.15) is 18.4 Å². The number of anilines is 2. The molecule has 8 heteroatoms. The van der Waals surface area contributed by atoms with E-state index in [2.05, 4.69) is 20.2 Å². The van der Waals surface area contributed by atoms with Gasteiger partial charge in [0.15, 0.2) is 0 Å². The fraction of sp³-hybridized carbons (Fsp3) is 0.375. The predicted molar refractivity (Wildman–Crippen MR) is 93.7 cm³/mol. The fourth-order valence-electron chi connectivity index (χ4n) is 2.90. The third-order valence-electron chi connectivity index (χ3n) is 4.16. The largest absolute Gasteiger partial charge is 0.381 e. The van der Waals surface area contributed by atoms with E-state index in [9.17, 15) is 10.1 Å². The summed E-state index contributed by atoms with van der Waals surface area (Å²) in [6.07, 6.45) is 5.33. The zero-order valence-electron chi connectivity index (χ0n) is 13.3. The molecule has 2 heterocycles. The number of nitrogens with zero attached hydrogens (tertiary/aromatic N) is 4. The number of nitro groups is 1. The molecule has 1 fully saturated rings. The van der Waals surface area contributed by atoms with Crippen molar-refractivity contribution in [3.63, 3.8) is 0 Å². The maximum atomic E-state index is 10.9. The monoisotopic (exact) mass is 347 g/mol. The smallest absolute Gasteiger partial charge is 0.271 e. The molecule has 0 radical (unpaired) electrons. The molecule has 0 aliphatic carbocycles. The van der Waals surface area contributed by atoms with Crippen LogP contribution >= 0.6 is 11.6 Å². The molecule has 1 aliphatic heterocycles. The zero-order valence-corrected chi connectivity index (χ0v) is 14.0. The van der Waals surface area contributed by atoms with Gasteiger partial charge in [0.1, 0.15) is 0 Å². The Kier molecular flexibility index (Phi) is 4.80. The molecule has 0 saturated carbocycles. The minimum Gasteiger partial charge on any atom is -0.381 e. The zero-order chi connectivity index (χ0) is 17.1. The number of rotatable bonds is 4. The van der Waals surface area contributed by atoms with Crippen LogP contribution in [0.5, 0.6) is 0 Å². The van der Waals surface area contributed by atoms with E-state index in [0.717, 1.165) is 43.1 Å². The fourth-order valence-corrected chi connectivity index (χ4v) is 3.21. The normalized spacial score (nSPS) is 15.3. The molecular weight excluding hydrogens is 330 g/mol. The number of aromatic nitrogens is 2. The SMILES string of the molecule is Cc1cc([N+](=O)[O-])cc(Cl)c1NC1CCN(c2ncccn2)CC1. The van der Waals surface area contributed by atoms with Gasteiger partial charge in [-0.05, 0) is 31.4 Å². The van der Waals surface area contributed by atoms with Crippen LogP contribution in [0.3, 0.4) is 0 Å². The summed E-state index contributed by atoms with van der Waals surface area (Å²) in [6.45, 7) is 3.53. The Morgan fingerprint density at radius 3 is 2.54 bits per heavy atom. The second kappa shape index (κ2) is 7.00. The predicted octanol–water partition coefficient (Wildman–Crippen LogP) is 3.43. The lowest BCUT2D eigenvalue weighted by atomic mass is 10.0. The maximum Gasteiger partial charge on any atom is 0.271 e. The van der Waals surface area contributed by atoms with Crippen molar-refractivity contribution in [3.8, 4) is 0 Å². The first-order valence-corrected chi connectivity index (χ1v) is 8.15. The van der Waals surface area contributed by atoms with Gasteiger partial charge in [0, 0.05) is 43.7 Å². The molecule has 1 N–H and O–H groups in total. The number of hydrogen-bond donors (Lipinski definition) is 1. The van der Waals surface area contributed by atoms with Crippen molar-refractivity contribution in [1.29, 1.82) is 0 Å². The van der Waals surface area contributed by atoms with Crippen molar-refractivity contribution in [2.45, 2.75) is 25.8 Å². The van der Waals surface area contributed by atoms with Crippen LogP contribution in [0.15, 0.2) is 30.6 Å². The Labute approximate surface area is 144 Å². The average Bonchev–Trinajstić information content (AvgIpc) is 2.59. The van der Waals surface area contributed by atoms with E-state index < -0.39 is 4.92 Å². The van der Waals surface area contributed by atoms with Crippen molar-refractivity contribution in [2.75, 3.05) is 23.3 Å². The average molecular weight is 348 g/mol. The second-order valence-corrected chi connectivity index (χ2v) is 6.24. The highest BCUT2D eigenvalue weighted by Gasteiger charge is 2.22. The summed E-state index contributed by atoms with van der Waals surface area (Å²) in [7, 11) is 0. The second-order valence-electron chi connectivity index (χ2n) is 5.83. The van der Waals surface area contributed by atoms with E-state index in [-0.39, 0.29) is 11.7 Å². The summed E-state index contributed by atoms with van der Waals surface area (Å²) in [6, 6.07) is 5.00. The molecule has 1 saturated heterocycles. The van der Waals surface area contributed by atoms with Gasteiger partial charge in [0.2, 0.25) is 5.95 Å². The standard InChI is InChI=1S/C16H18ClN5O2/c1-11-9-13(22(23)24)10-14(17)15(11)20-12-3-7-21(8-4-12)16-18-5-2-6-19-16/h2,5-6,9-10,12,20H,3-4,7-8H2,1H3. The Hall–Kier alpha value is -2.41. The van der Waals surface area contributed by atoms with Crippen LogP contribution in [0.2, 0.25) is 5.02 Å². The minimum atomic E-state index is -0.430. The number of benzene rings is 1. The van der Waals surface area contributed by atoms with Gasteiger partial charge >= 0.3 is 0 Å². The number of piperidine rings is 1. The molecule has 7 nitrogen and oxygen atoms in total. The van der Waals surface area contributed by atoms with Gasteiger partial charge in [-0.2, -0.15) is 0 Å². The summed E-state index contributed by atoms with van der Waals surface area (Å²) in [5.74, 6) is 0.750. The first-order valence-electron chi connectivity index (χ1n) is 7.77. The number of halogens is 1.